The molecule has 1 amide bonds. The number of amides is 1. The Kier molecular flexibility index (Phi) is 4.76. The smallest absolute Gasteiger partial charge is 0.262 e. The van der Waals surface area contributed by atoms with Gasteiger partial charge in [0.2, 0.25) is 5.91 Å². The van der Waals surface area contributed by atoms with Crippen LogP contribution in [0, 0.1) is 0 Å². The van der Waals surface area contributed by atoms with E-state index in [1.165, 1.54) is 22.2 Å². The molecule has 3 rings (SSSR count). The maximum Gasteiger partial charge on any atom is 0.262 e. The SMILES string of the molecule is CC(C)c1ccccc1NC(=O)CCn1cnc2sccc2c1=O. The van der Waals surface area contributed by atoms with Crippen molar-refractivity contribution in [2.75, 3.05) is 5.32 Å². The van der Waals surface area contributed by atoms with Gasteiger partial charge < -0.3 is 5.32 Å². The van der Waals surface area contributed by atoms with E-state index in [1.807, 2.05) is 29.6 Å². The van der Waals surface area contributed by atoms with Crippen molar-refractivity contribution >= 4 is 33.1 Å². The number of carbonyl (C=O) groups excluding carboxylic acids is 1. The summed E-state index contributed by atoms with van der Waals surface area (Å²) in [6.07, 6.45) is 1.74. The molecule has 0 spiro atoms. The fraction of sp³-hybridized carbons (Fsp3) is 0.278. The highest BCUT2D eigenvalue weighted by atomic mass is 32.1. The molecule has 1 aromatic carbocycles. The van der Waals surface area contributed by atoms with Crippen LogP contribution in [-0.4, -0.2) is 15.5 Å². The van der Waals surface area contributed by atoms with Crippen molar-refractivity contribution in [2.24, 2.45) is 0 Å². The molecule has 24 heavy (non-hydrogen) atoms. The van der Waals surface area contributed by atoms with E-state index in [1.54, 1.807) is 6.07 Å². The van der Waals surface area contributed by atoms with Crippen LogP contribution in [0.3, 0.4) is 0 Å². The van der Waals surface area contributed by atoms with Crippen LogP contribution in [0.15, 0.2) is 46.8 Å². The second kappa shape index (κ2) is 6.97. The second-order valence-electron chi connectivity index (χ2n) is 5.92. The zero-order valence-electron chi connectivity index (χ0n) is 13.7. The number of thiophene rings is 1. The van der Waals surface area contributed by atoms with Crippen LogP contribution in [0.5, 0.6) is 0 Å². The summed E-state index contributed by atoms with van der Waals surface area (Å²) in [6, 6.07) is 9.55. The molecule has 0 aliphatic carbocycles. The number of rotatable bonds is 5. The van der Waals surface area contributed by atoms with Crippen molar-refractivity contribution in [1.29, 1.82) is 0 Å². The highest BCUT2D eigenvalue weighted by Crippen LogP contribution is 2.23. The number of fused-ring (bicyclic) bond motifs is 1. The molecule has 6 heteroatoms. The van der Waals surface area contributed by atoms with E-state index in [0.29, 0.717) is 17.8 Å². The molecule has 0 aliphatic heterocycles. The van der Waals surface area contributed by atoms with Crippen molar-refractivity contribution in [2.45, 2.75) is 32.7 Å². The number of benzene rings is 1. The van der Waals surface area contributed by atoms with E-state index in [4.69, 9.17) is 0 Å². The van der Waals surface area contributed by atoms with Gasteiger partial charge in [0.15, 0.2) is 0 Å². The Balaban J connectivity index is 1.69. The summed E-state index contributed by atoms with van der Waals surface area (Å²) in [7, 11) is 0. The highest BCUT2D eigenvalue weighted by molar-refractivity contribution is 7.16. The zero-order chi connectivity index (χ0) is 17.1. The number of anilines is 1. The van der Waals surface area contributed by atoms with Gasteiger partial charge in [-0.1, -0.05) is 32.0 Å². The lowest BCUT2D eigenvalue weighted by Gasteiger charge is -2.13. The highest BCUT2D eigenvalue weighted by Gasteiger charge is 2.10. The van der Waals surface area contributed by atoms with Gasteiger partial charge in [-0.2, -0.15) is 0 Å². The van der Waals surface area contributed by atoms with Gasteiger partial charge in [-0.05, 0) is 29.0 Å². The summed E-state index contributed by atoms with van der Waals surface area (Å²) in [5.41, 5.74) is 1.83. The van der Waals surface area contributed by atoms with E-state index in [2.05, 4.69) is 24.1 Å². The Hall–Kier alpha value is -2.47. The van der Waals surface area contributed by atoms with Crippen LogP contribution in [0.4, 0.5) is 5.69 Å². The molecule has 0 fully saturated rings. The molecule has 5 nitrogen and oxygen atoms in total. The lowest BCUT2D eigenvalue weighted by atomic mass is 10.0. The van der Waals surface area contributed by atoms with E-state index in [9.17, 15) is 9.59 Å². The molecule has 0 saturated carbocycles. The second-order valence-corrected chi connectivity index (χ2v) is 6.82. The zero-order valence-corrected chi connectivity index (χ0v) is 14.5. The molecule has 0 saturated heterocycles. The van der Waals surface area contributed by atoms with Crippen LogP contribution >= 0.6 is 11.3 Å². The summed E-state index contributed by atoms with van der Waals surface area (Å²) in [6.45, 7) is 4.49. The fourth-order valence-electron chi connectivity index (χ4n) is 2.60. The Morgan fingerprint density at radius 3 is 2.88 bits per heavy atom. The Morgan fingerprint density at radius 1 is 1.29 bits per heavy atom. The van der Waals surface area contributed by atoms with Crippen LogP contribution < -0.4 is 10.9 Å². The lowest BCUT2D eigenvalue weighted by Crippen LogP contribution is -2.23. The predicted molar refractivity (Wildman–Crippen MR) is 97.7 cm³/mol. The molecule has 2 heterocycles. The van der Waals surface area contributed by atoms with Gasteiger partial charge in [0.05, 0.1) is 11.7 Å². The molecule has 3 aromatic rings. The topological polar surface area (TPSA) is 64.0 Å². The molecule has 0 aliphatic rings. The van der Waals surface area contributed by atoms with Crippen LogP contribution in [0.1, 0.15) is 31.7 Å². The number of nitrogens with zero attached hydrogens (tertiary/aromatic N) is 2. The van der Waals surface area contributed by atoms with Gasteiger partial charge in [0.25, 0.3) is 5.56 Å². The molecular weight excluding hydrogens is 322 g/mol. The Labute approximate surface area is 144 Å². The van der Waals surface area contributed by atoms with Crippen molar-refractivity contribution in [1.82, 2.24) is 9.55 Å². The fourth-order valence-corrected chi connectivity index (χ4v) is 3.32. The number of nitrogens with one attached hydrogen (secondary N) is 1. The predicted octanol–water partition coefficient (Wildman–Crippen LogP) is 3.61. The number of para-hydroxylation sites is 1. The third kappa shape index (κ3) is 3.38. The molecule has 2 aromatic heterocycles. The Morgan fingerprint density at radius 2 is 2.08 bits per heavy atom. The van der Waals surface area contributed by atoms with Gasteiger partial charge >= 0.3 is 0 Å². The number of aromatic nitrogens is 2. The number of aryl methyl sites for hydroxylation is 1. The number of carbonyl (C=O) groups is 1. The molecule has 124 valence electrons. The standard InChI is InChI=1S/C18H19N3O2S/c1-12(2)13-5-3-4-6-15(13)20-16(22)7-9-21-11-19-17-14(18(21)23)8-10-24-17/h3-6,8,10-12H,7,9H2,1-2H3,(H,20,22). The van der Waals surface area contributed by atoms with E-state index in [0.717, 1.165) is 16.1 Å². The van der Waals surface area contributed by atoms with Crippen LogP contribution in [0.25, 0.3) is 10.2 Å². The first-order chi connectivity index (χ1) is 11.6. The summed E-state index contributed by atoms with van der Waals surface area (Å²) in [4.78, 5) is 29.5. The molecule has 0 radical (unpaired) electrons. The lowest BCUT2D eigenvalue weighted by molar-refractivity contribution is -0.116. The van der Waals surface area contributed by atoms with Gasteiger partial charge in [0.1, 0.15) is 4.83 Å². The summed E-state index contributed by atoms with van der Waals surface area (Å²) < 4.78 is 1.49. The molecule has 0 unspecified atom stereocenters. The van der Waals surface area contributed by atoms with Crippen molar-refractivity contribution in [3.8, 4) is 0 Å². The van der Waals surface area contributed by atoms with E-state index >= 15 is 0 Å². The minimum Gasteiger partial charge on any atom is -0.326 e. The average molecular weight is 341 g/mol. The normalized spacial score (nSPS) is 11.1. The summed E-state index contributed by atoms with van der Waals surface area (Å²) in [5, 5.41) is 5.39. The van der Waals surface area contributed by atoms with Gasteiger partial charge in [0, 0.05) is 18.7 Å². The number of hydrogen-bond acceptors (Lipinski definition) is 4. The average Bonchev–Trinajstić information content (AvgIpc) is 3.04. The van der Waals surface area contributed by atoms with Crippen molar-refractivity contribution < 1.29 is 4.79 Å². The van der Waals surface area contributed by atoms with Gasteiger partial charge in [-0.15, -0.1) is 11.3 Å². The molecular formula is C18H19N3O2S. The van der Waals surface area contributed by atoms with Crippen LogP contribution in [-0.2, 0) is 11.3 Å². The first-order valence-corrected chi connectivity index (χ1v) is 8.75. The first kappa shape index (κ1) is 16.4. The maximum atomic E-state index is 12.3. The molecule has 1 N–H and O–H groups in total. The minimum absolute atomic E-state index is 0.100. The van der Waals surface area contributed by atoms with Crippen LogP contribution in [0.2, 0.25) is 0 Å². The van der Waals surface area contributed by atoms with Gasteiger partial charge in [-0.3, -0.25) is 14.2 Å². The monoisotopic (exact) mass is 341 g/mol. The first-order valence-electron chi connectivity index (χ1n) is 7.87. The van der Waals surface area contributed by atoms with Crippen molar-refractivity contribution in [3.63, 3.8) is 0 Å². The minimum atomic E-state index is -0.111. The summed E-state index contributed by atoms with van der Waals surface area (Å²) in [5.74, 6) is 0.217. The molecule has 0 atom stereocenters. The number of hydrogen-bond donors (Lipinski definition) is 1. The van der Waals surface area contributed by atoms with Crippen molar-refractivity contribution in [3.05, 3.63) is 58.0 Å². The largest absolute Gasteiger partial charge is 0.326 e. The van der Waals surface area contributed by atoms with Gasteiger partial charge in [-0.25, -0.2) is 4.98 Å². The van der Waals surface area contributed by atoms with E-state index < -0.39 is 0 Å². The summed E-state index contributed by atoms with van der Waals surface area (Å²) >= 11 is 1.44. The molecule has 0 bridgehead atoms. The Bertz CT molecular complexity index is 927. The third-order valence-electron chi connectivity index (χ3n) is 3.89. The van der Waals surface area contributed by atoms with E-state index in [-0.39, 0.29) is 17.9 Å². The maximum absolute atomic E-state index is 12.3. The quantitative estimate of drug-likeness (QED) is 0.771. The third-order valence-corrected chi connectivity index (χ3v) is 4.71.